The Bertz CT molecular complexity index is 970. The van der Waals surface area contributed by atoms with E-state index in [1.54, 1.807) is 11.3 Å². The molecule has 0 aliphatic heterocycles. The number of fused-ring (bicyclic) bond motifs is 3. The number of benzene rings is 2. The molecule has 0 atom stereocenters. The Hall–Kier alpha value is -2.20. The molecule has 1 amide bonds. The number of allylic oxidation sites excluding steroid dienone is 1. The zero-order valence-electron chi connectivity index (χ0n) is 13.7. The van der Waals surface area contributed by atoms with E-state index < -0.39 is 5.41 Å². The summed E-state index contributed by atoms with van der Waals surface area (Å²) in [5.74, 6) is -0.105. The predicted molar refractivity (Wildman–Crippen MR) is 97.5 cm³/mol. The second-order valence-corrected chi connectivity index (χ2v) is 7.56. The monoisotopic (exact) mass is 324 g/mol. The summed E-state index contributed by atoms with van der Waals surface area (Å²) in [7, 11) is 0. The Kier molecular flexibility index (Phi) is 3.94. The van der Waals surface area contributed by atoms with E-state index >= 15 is 0 Å². The van der Waals surface area contributed by atoms with Gasteiger partial charge in [0.15, 0.2) is 4.80 Å². The van der Waals surface area contributed by atoms with Gasteiger partial charge >= 0.3 is 0 Å². The molecular formula is C19H20N2OS. The lowest BCUT2D eigenvalue weighted by molar-refractivity contribution is -0.125. The van der Waals surface area contributed by atoms with Crippen molar-refractivity contribution in [1.29, 1.82) is 0 Å². The molecule has 0 aliphatic rings. The van der Waals surface area contributed by atoms with Crippen molar-refractivity contribution in [2.45, 2.75) is 27.3 Å². The quantitative estimate of drug-likeness (QED) is 0.638. The predicted octanol–water partition coefficient (Wildman–Crippen LogP) is 4.52. The first kappa shape index (κ1) is 15.7. The zero-order valence-corrected chi connectivity index (χ0v) is 14.5. The second-order valence-electron chi connectivity index (χ2n) is 6.59. The van der Waals surface area contributed by atoms with Gasteiger partial charge in [0.2, 0.25) is 0 Å². The molecule has 0 fully saturated rings. The summed E-state index contributed by atoms with van der Waals surface area (Å²) < 4.78 is 3.22. The zero-order chi connectivity index (χ0) is 16.6. The number of hydrogen-bond acceptors (Lipinski definition) is 2. The van der Waals surface area contributed by atoms with Crippen LogP contribution >= 0.6 is 11.3 Å². The van der Waals surface area contributed by atoms with Crippen molar-refractivity contribution < 1.29 is 4.79 Å². The van der Waals surface area contributed by atoms with Crippen LogP contribution in [0.25, 0.3) is 21.0 Å². The molecular weight excluding hydrogens is 304 g/mol. The third-order valence-corrected chi connectivity index (χ3v) is 4.85. The van der Waals surface area contributed by atoms with Gasteiger partial charge in [0.25, 0.3) is 5.91 Å². The van der Waals surface area contributed by atoms with Crippen molar-refractivity contribution in [3.8, 4) is 0 Å². The number of rotatable bonds is 2. The van der Waals surface area contributed by atoms with E-state index in [1.807, 2.05) is 39.0 Å². The normalized spacial score (nSPS) is 12.9. The van der Waals surface area contributed by atoms with Crippen molar-refractivity contribution in [1.82, 2.24) is 4.57 Å². The van der Waals surface area contributed by atoms with Crippen LogP contribution < -0.4 is 4.80 Å². The largest absolute Gasteiger partial charge is 0.312 e. The van der Waals surface area contributed by atoms with E-state index in [-0.39, 0.29) is 5.91 Å². The smallest absolute Gasteiger partial charge is 0.253 e. The van der Waals surface area contributed by atoms with Crippen molar-refractivity contribution in [2.24, 2.45) is 10.4 Å². The molecule has 3 aromatic rings. The van der Waals surface area contributed by atoms with Crippen molar-refractivity contribution >= 4 is 38.2 Å². The highest BCUT2D eigenvalue weighted by molar-refractivity contribution is 7.17. The molecule has 0 unspecified atom stereocenters. The number of carbonyl (C=O) groups is 1. The van der Waals surface area contributed by atoms with Crippen LogP contribution in [-0.4, -0.2) is 10.5 Å². The molecule has 3 rings (SSSR count). The van der Waals surface area contributed by atoms with Gasteiger partial charge in [-0.1, -0.05) is 68.5 Å². The van der Waals surface area contributed by atoms with Crippen LogP contribution in [0.4, 0.5) is 0 Å². The van der Waals surface area contributed by atoms with Gasteiger partial charge in [-0.25, -0.2) is 0 Å². The van der Waals surface area contributed by atoms with Gasteiger partial charge in [-0.15, -0.1) is 6.58 Å². The summed E-state index contributed by atoms with van der Waals surface area (Å²) in [6.45, 7) is 10.1. The van der Waals surface area contributed by atoms with Gasteiger partial charge in [-0.2, -0.15) is 4.99 Å². The summed E-state index contributed by atoms with van der Waals surface area (Å²) in [4.78, 5) is 17.5. The molecule has 0 bridgehead atoms. The highest BCUT2D eigenvalue weighted by Crippen LogP contribution is 2.27. The van der Waals surface area contributed by atoms with E-state index in [0.717, 1.165) is 15.0 Å². The average Bonchev–Trinajstić information content (AvgIpc) is 2.85. The first-order chi connectivity index (χ1) is 10.9. The average molecular weight is 324 g/mol. The van der Waals surface area contributed by atoms with E-state index in [9.17, 15) is 4.79 Å². The van der Waals surface area contributed by atoms with Gasteiger partial charge in [0.1, 0.15) is 0 Å². The molecule has 0 saturated heterocycles. The SMILES string of the molecule is C=CCn1c(=NC(=O)C(C)(C)C)sc2c3ccccc3ccc21. The van der Waals surface area contributed by atoms with E-state index in [0.29, 0.717) is 6.54 Å². The second kappa shape index (κ2) is 5.78. The minimum atomic E-state index is -0.482. The standard InChI is InChI=1S/C19H20N2OS/c1-5-12-21-15-11-10-13-8-6-7-9-14(13)16(15)23-18(21)20-17(22)19(2,3)4/h5-11H,1,12H2,2-4H3. The third kappa shape index (κ3) is 2.86. The number of carbonyl (C=O) groups excluding carboxylic acids is 1. The topological polar surface area (TPSA) is 34.4 Å². The van der Waals surface area contributed by atoms with Gasteiger partial charge in [0, 0.05) is 17.3 Å². The summed E-state index contributed by atoms with van der Waals surface area (Å²) in [5.41, 5.74) is 0.610. The molecule has 2 aromatic carbocycles. The lowest BCUT2D eigenvalue weighted by atomic mass is 9.96. The molecule has 1 aromatic heterocycles. The molecule has 1 heterocycles. The lowest BCUT2D eigenvalue weighted by Gasteiger charge is -2.11. The maximum Gasteiger partial charge on any atom is 0.253 e. The van der Waals surface area contributed by atoms with Crippen LogP contribution in [0.5, 0.6) is 0 Å². The molecule has 0 N–H and O–H groups in total. The van der Waals surface area contributed by atoms with Crippen LogP contribution in [-0.2, 0) is 11.3 Å². The van der Waals surface area contributed by atoms with Crippen molar-refractivity contribution in [3.63, 3.8) is 0 Å². The highest BCUT2D eigenvalue weighted by Gasteiger charge is 2.21. The Labute approximate surface area is 139 Å². The molecule has 0 spiro atoms. The van der Waals surface area contributed by atoms with E-state index in [1.165, 1.54) is 10.8 Å². The van der Waals surface area contributed by atoms with Crippen LogP contribution in [0.1, 0.15) is 20.8 Å². The summed E-state index contributed by atoms with van der Waals surface area (Å²) in [6, 6.07) is 12.5. The van der Waals surface area contributed by atoms with Gasteiger partial charge in [-0.05, 0) is 11.5 Å². The van der Waals surface area contributed by atoms with Crippen LogP contribution in [0.15, 0.2) is 54.0 Å². The highest BCUT2D eigenvalue weighted by atomic mass is 32.1. The molecule has 0 radical (unpaired) electrons. The Morgan fingerprint density at radius 1 is 1.26 bits per heavy atom. The number of amides is 1. The first-order valence-electron chi connectivity index (χ1n) is 7.63. The Morgan fingerprint density at radius 3 is 2.70 bits per heavy atom. The molecule has 0 aliphatic carbocycles. The van der Waals surface area contributed by atoms with Gasteiger partial charge < -0.3 is 4.57 Å². The molecule has 23 heavy (non-hydrogen) atoms. The maximum atomic E-state index is 12.3. The minimum absolute atomic E-state index is 0.105. The third-order valence-electron chi connectivity index (χ3n) is 3.72. The number of hydrogen-bond donors (Lipinski definition) is 0. The van der Waals surface area contributed by atoms with E-state index in [2.05, 4.69) is 40.4 Å². The van der Waals surface area contributed by atoms with Crippen LogP contribution in [0.2, 0.25) is 0 Å². The van der Waals surface area contributed by atoms with Crippen molar-refractivity contribution in [2.75, 3.05) is 0 Å². The Morgan fingerprint density at radius 2 is 2.00 bits per heavy atom. The van der Waals surface area contributed by atoms with Gasteiger partial charge in [0.05, 0.1) is 10.2 Å². The fraction of sp³-hybridized carbons (Fsp3) is 0.263. The Balaban J connectivity index is 2.35. The first-order valence-corrected chi connectivity index (χ1v) is 8.44. The maximum absolute atomic E-state index is 12.3. The molecule has 4 heteroatoms. The van der Waals surface area contributed by atoms with Crippen LogP contribution in [0.3, 0.4) is 0 Å². The lowest BCUT2D eigenvalue weighted by Crippen LogP contribution is -2.23. The molecule has 118 valence electrons. The minimum Gasteiger partial charge on any atom is -0.312 e. The fourth-order valence-electron chi connectivity index (χ4n) is 2.44. The summed E-state index contributed by atoms with van der Waals surface area (Å²) in [6.07, 6.45) is 1.84. The molecule has 3 nitrogen and oxygen atoms in total. The number of thiazole rings is 1. The van der Waals surface area contributed by atoms with E-state index in [4.69, 9.17) is 0 Å². The molecule has 0 saturated carbocycles. The van der Waals surface area contributed by atoms with Gasteiger partial charge in [-0.3, -0.25) is 4.79 Å². The number of aromatic nitrogens is 1. The van der Waals surface area contributed by atoms with Crippen LogP contribution in [0, 0.1) is 5.41 Å². The summed E-state index contributed by atoms with van der Waals surface area (Å²) in [5, 5.41) is 2.39. The fourth-order valence-corrected chi connectivity index (χ4v) is 3.62. The van der Waals surface area contributed by atoms with Crippen molar-refractivity contribution in [3.05, 3.63) is 53.9 Å². The summed E-state index contributed by atoms with van der Waals surface area (Å²) >= 11 is 1.57. The number of nitrogens with zero attached hydrogens (tertiary/aromatic N) is 2.